The molecule has 1 aliphatic rings. The third kappa shape index (κ3) is 2.14. The van der Waals surface area contributed by atoms with E-state index in [1.54, 1.807) is 6.20 Å². The van der Waals surface area contributed by atoms with Gasteiger partial charge in [-0.25, -0.2) is 0 Å². The molecular weight excluding hydrogens is 280 g/mol. The van der Waals surface area contributed by atoms with Crippen LogP contribution in [-0.4, -0.2) is 15.8 Å². The minimum atomic E-state index is -0.843. The van der Waals surface area contributed by atoms with Crippen molar-refractivity contribution in [2.24, 2.45) is 11.7 Å². The number of Topliss-reactive ketones (excluding diaryl/α,β-unsaturated/α-hetero) is 1. The highest BCUT2D eigenvalue weighted by molar-refractivity contribution is 7.80. The molecule has 0 bridgehead atoms. The number of nitrogens with two attached hydrogens (primary N) is 1. The van der Waals surface area contributed by atoms with Crippen LogP contribution < -0.4 is 5.73 Å². The lowest BCUT2D eigenvalue weighted by molar-refractivity contribution is -0.127. The van der Waals surface area contributed by atoms with Crippen LogP contribution in [0.4, 0.5) is 0 Å². The van der Waals surface area contributed by atoms with E-state index in [1.165, 1.54) is 0 Å². The van der Waals surface area contributed by atoms with E-state index in [1.807, 2.05) is 37.3 Å². The summed E-state index contributed by atoms with van der Waals surface area (Å²) in [5.41, 5.74) is 6.92. The molecule has 0 amide bonds. The molecule has 108 valence electrons. The zero-order valence-corrected chi connectivity index (χ0v) is 12.8. The van der Waals surface area contributed by atoms with Crippen LogP contribution in [0.5, 0.6) is 0 Å². The fraction of sp³-hybridized carbons (Fsp3) is 0.353. The topological polar surface area (TPSA) is 56.0 Å². The summed E-state index contributed by atoms with van der Waals surface area (Å²) in [6.07, 6.45) is 4.31. The standard InChI is InChI=1S/C17H18N2OS/c1-11-5-4-8-17(15(11)20,16(18)21)13-9-12-6-2-3-7-14(12)19-10-13/h2-3,6-7,9-11H,4-5,8H2,1H3,(H2,18,21). The number of hydrogen-bond acceptors (Lipinski definition) is 3. The molecule has 0 saturated heterocycles. The number of hydrogen-bond donors (Lipinski definition) is 1. The van der Waals surface area contributed by atoms with Gasteiger partial charge in [-0.2, -0.15) is 0 Å². The maximum absolute atomic E-state index is 12.8. The van der Waals surface area contributed by atoms with Crippen molar-refractivity contribution in [2.75, 3.05) is 0 Å². The number of rotatable bonds is 2. The van der Waals surface area contributed by atoms with Crippen LogP contribution in [0.2, 0.25) is 0 Å². The molecule has 1 aliphatic carbocycles. The zero-order chi connectivity index (χ0) is 15.0. The Kier molecular flexibility index (Phi) is 3.49. The molecule has 1 fully saturated rings. The van der Waals surface area contributed by atoms with Gasteiger partial charge in [-0.1, -0.05) is 43.8 Å². The van der Waals surface area contributed by atoms with Crippen molar-refractivity contribution in [1.29, 1.82) is 0 Å². The molecule has 0 aliphatic heterocycles. The number of thiocarbonyl (C=S) groups is 1. The summed E-state index contributed by atoms with van der Waals surface area (Å²) in [4.78, 5) is 17.6. The van der Waals surface area contributed by atoms with Crippen LogP contribution in [0.25, 0.3) is 10.9 Å². The van der Waals surface area contributed by atoms with Gasteiger partial charge in [0.1, 0.15) is 5.41 Å². The van der Waals surface area contributed by atoms with E-state index in [0.717, 1.165) is 29.3 Å². The first-order valence-electron chi connectivity index (χ1n) is 7.25. The maximum atomic E-state index is 12.8. The van der Waals surface area contributed by atoms with Gasteiger partial charge >= 0.3 is 0 Å². The molecule has 3 nitrogen and oxygen atoms in total. The Balaban J connectivity index is 2.19. The highest BCUT2D eigenvalue weighted by atomic mass is 32.1. The average molecular weight is 298 g/mol. The summed E-state index contributed by atoms with van der Waals surface area (Å²) in [5.74, 6) is 0.130. The van der Waals surface area contributed by atoms with E-state index in [9.17, 15) is 4.79 Å². The molecule has 2 aromatic rings. The van der Waals surface area contributed by atoms with Gasteiger partial charge in [0.15, 0.2) is 5.78 Å². The quantitative estimate of drug-likeness (QED) is 0.865. The second kappa shape index (κ2) is 5.19. The van der Waals surface area contributed by atoms with Crippen molar-refractivity contribution in [1.82, 2.24) is 4.98 Å². The Morgan fingerprint density at radius 2 is 2.19 bits per heavy atom. The van der Waals surface area contributed by atoms with E-state index in [4.69, 9.17) is 18.0 Å². The number of benzene rings is 1. The monoisotopic (exact) mass is 298 g/mol. The van der Waals surface area contributed by atoms with E-state index in [2.05, 4.69) is 4.98 Å². The van der Waals surface area contributed by atoms with Crippen LogP contribution in [0.1, 0.15) is 31.7 Å². The predicted molar refractivity (Wildman–Crippen MR) is 88.2 cm³/mol. The molecule has 4 heteroatoms. The first kappa shape index (κ1) is 14.1. The van der Waals surface area contributed by atoms with E-state index < -0.39 is 5.41 Å². The largest absolute Gasteiger partial charge is 0.392 e. The van der Waals surface area contributed by atoms with Crippen LogP contribution >= 0.6 is 12.2 Å². The van der Waals surface area contributed by atoms with Crippen LogP contribution in [-0.2, 0) is 10.2 Å². The average Bonchev–Trinajstić information content (AvgIpc) is 2.49. The van der Waals surface area contributed by atoms with Gasteiger partial charge in [-0.15, -0.1) is 0 Å². The molecule has 1 heterocycles. The molecule has 2 N–H and O–H groups in total. The number of aromatic nitrogens is 1. The summed E-state index contributed by atoms with van der Waals surface area (Å²) >= 11 is 5.29. The molecule has 21 heavy (non-hydrogen) atoms. The number of ketones is 1. The van der Waals surface area contributed by atoms with Crippen molar-refractivity contribution in [3.05, 3.63) is 42.1 Å². The van der Waals surface area contributed by atoms with Gasteiger partial charge in [0.25, 0.3) is 0 Å². The molecule has 2 unspecified atom stereocenters. The van der Waals surface area contributed by atoms with E-state index in [-0.39, 0.29) is 16.7 Å². The lowest BCUT2D eigenvalue weighted by Gasteiger charge is -2.38. The summed E-state index contributed by atoms with van der Waals surface area (Å²) < 4.78 is 0. The molecule has 0 radical (unpaired) electrons. The predicted octanol–water partition coefficient (Wildman–Crippen LogP) is 3.15. The molecule has 1 saturated carbocycles. The first-order valence-corrected chi connectivity index (χ1v) is 7.66. The maximum Gasteiger partial charge on any atom is 0.153 e. The van der Waals surface area contributed by atoms with E-state index >= 15 is 0 Å². The Hall–Kier alpha value is -1.81. The summed E-state index contributed by atoms with van der Waals surface area (Å²) in [5, 5.41) is 1.01. The minimum absolute atomic E-state index is 0.00767. The molecule has 1 aromatic carbocycles. The normalized spacial score (nSPS) is 26.0. The number of carbonyl (C=O) groups is 1. The third-order valence-corrected chi connectivity index (χ3v) is 4.91. The van der Waals surface area contributed by atoms with E-state index in [0.29, 0.717) is 6.42 Å². The van der Waals surface area contributed by atoms with Crippen molar-refractivity contribution in [3.8, 4) is 0 Å². The second-order valence-corrected chi connectivity index (χ2v) is 6.28. The Bertz CT molecular complexity index is 728. The first-order chi connectivity index (χ1) is 10.1. The number of nitrogens with zero attached hydrogens (tertiary/aromatic N) is 1. The number of carbonyl (C=O) groups excluding carboxylic acids is 1. The van der Waals surface area contributed by atoms with Crippen molar-refractivity contribution in [2.45, 2.75) is 31.6 Å². The van der Waals surface area contributed by atoms with Crippen molar-refractivity contribution < 1.29 is 4.79 Å². The Morgan fingerprint density at radius 3 is 2.95 bits per heavy atom. The highest BCUT2D eigenvalue weighted by Crippen LogP contribution is 2.40. The number of para-hydroxylation sites is 1. The van der Waals surface area contributed by atoms with Crippen LogP contribution in [0.3, 0.4) is 0 Å². The lowest BCUT2D eigenvalue weighted by Crippen LogP contribution is -2.51. The fourth-order valence-corrected chi connectivity index (χ4v) is 3.65. The Labute approximate surface area is 129 Å². The number of pyridine rings is 1. The van der Waals surface area contributed by atoms with Gasteiger partial charge in [0.2, 0.25) is 0 Å². The smallest absolute Gasteiger partial charge is 0.153 e. The lowest BCUT2D eigenvalue weighted by atomic mass is 9.65. The highest BCUT2D eigenvalue weighted by Gasteiger charge is 2.47. The Morgan fingerprint density at radius 1 is 1.43 bits per heavy atom. The second-order valence-electron chi connectivity index (χ2n) is 5.84. The minimum Gasteiger partial charge on any atom is -0.392 e. The SMILES string of the molecule is CC1CCCC(C(N)=S)(c2cnc3ccccc3c2)C1=O. The molecule has 1 aromatic heterocycles. The zero-order valence-electron chi connectivity index (χ0n) is 12.0. The summed E-state index contributed by atoms with van der Waals surface area (Å²) in [7, 11) is 0. The molecular formula is C17H18N2OS. The summed E-state index contributed by atoms with van der Waals surface area (Å²) in [6.45, 7) is 1.96. The van der Waals surface area contributed by atoms with Crippen molar-refractivity contribution >= 4 is 33.9 Å². The third-order valence-electron chi connectivity index (χ3n) is 4.56. The fourth-order valence-electron chi connectivity index (χ4n) is 3.33. The van der Waals surface area contributed by atoms with Gasteiger partial charge in [-0.05, 0) is 30.5 Å². The van der Waals surface area contributed by atoms with Gasteiger partial charge < -0.3 is 5.73 Å². The number of fused-ring (bicyclic) bond motifs is 1. The summed E-state index contributed by atoms with van der Waals surface area (Å²) in [6, 6.07) is 9.88. The van der Waals surface area contributed by atoms with Crippen LogP contribution in [0.15, 0.2) is 36.5 Å². The van der Waals surface area contributed by atoms with Crippen molar-refractivity contribution in [3.63, 3.8) is 0 Å². The van der Waals surface area contributed by atoms with Gasteiger partial charge in [0.05, 0.1) is 10.5 Å². The molecule has 3 rings (SSSR count). The van der Waals surface area contributed by atoms with Gasteiger partial charge in [0, 0.05) is 17.5 Å². The van der Waals surface area contributed by atoms with Gasteiger partial charge in [-0.3, -0.25) is 9.78 Å². The van der Waals surface area contributed by atoms with Crippen LogP contribution in [0, 0.1) is 5.92 Å². The molecule has 0 spiro atoms. The molecule has 2 atom stereocenters.